The van der Waals surface area contributed by atoms with Gasteiger partial charge < -0.3 is 4.74 Å². The molecule has 0 saturated carbocycles. The molecule has 0 aromatic carbocycles. The minimum Gasteiger partial charge on any atom is -0.376 e. The lowest BCUT2D eigenvalue weighted by Gasteiger charge is -2.36. The first-order chi connectivity index (χ1) is 8.32. The first kappa shape index (κ1) is 15.4. The molecule has 104 valence electrons. The highest BCUT2D eigenvalue weighted by atomic mass is 35.5. The van der Waals surface area contributed by atoms with Crippen molar-refractivity contribution in [3.63, 3.8) is 0 Å². The fraction of sp³-hybridized carbons (Fsp3) is 0.750. The van der Waals surface area contributed by atoms with Gasteiger partial charge in [-0.3, -0.25) is 10.5 Å². The van der Waals surface area contributed by atoms with Crippen LogP contribution in [0, 0.1) is 5.41 Å². The minimum atomic E-state index is -0.204. The maximum absolute atomic E-state index is 6.18. The van der Waals surface area contributed by atoms with Crippen LogP contribution in [-0.2, 0) is 11.8 Å². The number of aryl methyl sites for hydroxylation is 1. The van der Waals surface area contributed by atoms with Gasteiger partial charge >= 0.3 is 0 Å². The fourth-order valence-electron chi connectivity index (χ4n) is 2.11. The van der Waals surface area contributed by atoms with E-state index in [4.69, 9.17) is 22.2 Å². The van der Waals surface area contributed by atoms with Gasteiger partial charge in [-0.2, -0.15) is 5.10 Å². The highest BCUT2D eigenvalue weighted by Crippen LogP contribution is 2.34. The topological polar surface area (TPSA) is 65.1 Å². The number of aromatic nitrogens is 2. The summed E-state index contributed by atoms with van der Waals surface area (Å²) in [5.74, 6) is 5.70. The number of hydrazine groups is 1. The first-order valence-corrected chi connectivity index (χ1v) is 6.45. The minimum absolute atomic E-state index is 0.0688. The van der Waals surface area contributed by atoms with Gasteiger partial charge in [0, 0.05) is 13.7 Å². The van der Waals surface area contributed by atoms with Gasteiger partial charge in [-0.15, -0.1) is 0 Å². The van der Waals surface area contributed by atoms with E-state index in [-0.39, 0.29) is 17.6 Å². The van der Waals surface area contributed by atoms with Crippen molar-refractivity contribution < 1.29 is 4.74 Å². The van der Waals surface area contributed by atoms with E-state index in [0.717, 1.165) is 5.69 Å². The van der Waals surface area contributed by atoms with Gasteiger partial charge in [0.25, 0.3) is 0 Å². The predicted molar refractivity (Wildman–Crippen MR) is 73.2 cm³/mol. The Labute approximate surface area is 114 Å². The van der Waals surface area contributed by atoms with Crippen LogP contribution >= 0.6 is 11.6 Å². The number of ether oxygens (including phenoxy) is 1. The molecule has 1 aromatic rings. The smallest absolute Gasteiger partial charge is 0.0910 e. The fourth-order valence-corrected chi connectivity index (χ4v) is 2.39. The molecule has 0 aliphatic rings. The Bertz CT molecular complexity index is 366. The average molecular weight is 275 g/mol. The van der Waals surface area contributed by atoms with E-state index in [1.165, 1.54) is 0 Å². The lowest BCUT2D eigenvalue weighted by Crippen LogP contribution is -2.45. The van der Waals surface area contributed by atoms with Crippen LogP contribution in [0.2, 0.25) is 5.02 Å². The Morgan fingerprint density at radius 3 is 2.50 bits per heavy atom. The van der Waals surface area contributed by atoms with Crippen LogP contribution in [-0.4, -0.2) is 22.5 Å². The number of nitrogens with zero attached hydrogens (tertiary/aromatic N) is 2. The SMILES string of the molecule is CCOC(C(NN)c1c(Cl)cnn1C)C(C)(C)C. The van der Waals surface area contributed by atoms with Gasteiger partial charge in [0.2, 0.25) is 0 Å². The summed E-state index contributed by atoms with van der Waals surface area (Å²) in [5.41, 5.74) is 3.58. The molecule has 0 saturated heterocycles. The number of halogens is 1. The van der Waals surface area contributed by atoms with Crippen molar-refractivity contribution in [2.45, 2.75) is 39.8 Å². The molecule has 18 heavy (non-hydrogen) atoms. The van der Waals surface area contributed by atoms with E-state index in [1.807, 2.05) is 14.0 Å². The van der Waals surface area contributed by atoms with Gasteiger partial charge in [0.1, 0.15) is 0 Å². The molecule has 1 heterocycles. The van der Waals surface area contributed by atoms with E-state index in [1.54, 1.807) is 10.9 Å². The molecule has 0 aliphatic heterocycles. The molecule has 2 atom stereocenters. The Balaban J connectivity index is 3.14. The van der Waals surface area contributed by atoms with Gasteiger partial charge in [-0.25, -0.2) is 5.43 Å². The molecule has 3 N–H and O–H groups in total. The zero-order valence-corrected chi connectivity index (χ0v) is 12.5. The summed E-state index contributed by atoms with van der Waals surface area (Å²) in [4.78, 5) is 0. The summed E-state index contributed by atoms with van der Waals surface area (Å²) in [5, 5.41) is 4.74. The molecule has 0 bridgehead atoms. The molecule has 0 amide bonds. The lowest BCUT2D eigenvalue weighted by molar-refractivity contribution is -0.0382. The Kier molecular flexibility index (Phi) is 5.16. The van der Waals surface area contributed by atoms with Crippen LogP contribution in [0.25, 0.3) is 0 Å². The van der Waals surface area contributed by atoms with Crippen molar-refractivity contribution in [1.82, 2.24) is 15.2 Å². The highest BCUT2D eigenvalue weighted by molar-refractivity contribution is 6.31. The molecule has 2 unspecified atom stereocenters. The van der Waals surface area contributed by atoms with Crippen LogP contribution in [0.4, 0.5) is 0 Å². The van der Waals surface area contributed by atoms with Crippen molar-refractivity contribution in [1.29, 1.82) is 0 Å². The summed E-state index contributed by atoms with van der Waals surface area (Å²) in [6.45, 7) is 8.93. The number of nitrogens with one attached hydrogen (secondary N) is 1. The normalized spacial score (nSPS) is 15.7. The molecule has 1 aromatic heterocycles. The van der Waals surface area contributed by atoms with E-state index < -0.39 is 0 Å². The summed E-state index contributed by atoms with van der Waals surface area (Å²) in [6, 6.07) is -0.204. The maximum Gasteiger partial charge on any atom is 0.0910 e. The summed E-state index contributed by atoms with van der Waals surface area (Å²) < 4.78 is 7.58. The summed E-state index contributed by atoms with van der Waals surface area (Å²) in [7, 11) is 1.84. The maximum atomic E-state index is 6.18. The third kappa shape index (κ3) is 3.23. The Morgan fingerprint density at radius 1 is 1.56 bits per heavy atom. The summed E-state index contributed by atoms with van der Waals surface area (Å²) >= 11 is 6.18. The van der Waals surface area contributed by atoms with E-state index in [2.05, 4.69) is 31.3 Å². The van der Waals surface area contributed by atoms with Crippen LogP contribution in [0.5, 0.6) is 0 Å². The van der Waals surface area contributed by atoms with Crippen LogP contribution in [0.1, 0.15) is 39.4 Å². The largest absolute Gasteiger partial charge is 0.376 e. The second-order valence-corrected chi connectivity index (χ2v) is 5.79. The Hall–Kier alpha value is -0.620. The number of hydrogen-bond donors (Lipinski definition) is 2. The van der Waals surface area contributed by atoms with Gasteiger partial charge in [0.05, 0.1) is 29.1 Å². The second kappa shape index (κ2) is 6.02. The molecule has 0 aliphatic carbocycles. The van der Waals surface area contributed by atoms with E-state index >= 15 is 0 Å². The van der Waals surface area contributed by atoms with Gasteiger partial charge in [-0.05, 0) is 12.3 Å². The molecule has 1 rings (SSSR count). The highest BCUT2D eigenvalue weighted by Gasteiger charge is 2.36. The van der Waals surface area contributed by atoms with Crippen molar-refractivity contribution in [2.75, 3.05) is 6.61 Å². The van der Waals surface area contributed by atoms with Crippen molar-refractivity contribution in [2.24, 2.45) is 18.3 Å². The van der Waals surface area contributed by atoms with Crippen LogP contribution in [0.15, 0.2) is 6.20 Å². The lowest BCUT2D eigenvalue weighted by atomic mass is 9.83. The number of hydrogen-bond acceptors (Lipinski definition) is 4. The molecule has 0 fully saturated rings. The van der Waals surface area contributed by atoms with Crippen molar-refractivity contribution >= 4 is 11.6 Å². The van der Waals surface area contributed by atoms with Gasteiger partial charge in [0.15, 0.2) is 0 Å². The van der Waals surface area contributed by atoms with Crippen molar-refractivity contribution in [3.05, 3.63) is 16.9 Å². The average Bonchev–Trinajstić information content (AvgIpc) is 2.59. The third-order valence-corrected chi connectivity index (χ3v) is 3.21. The molecule has 0 spiro atoms. The van der Waals surface area contributed by atoms with E-state index in [9.17, 15) is 0 Å². The Morgan fingerprint density at radius 2 is 2.17 bits per heavy atom. The number of nitrogens with two attached hydrogens (primary N) is 1. The first-order valence-electron chi connectivity index (χ1n) is 6.08. The zero-order valence-electron chi connectivity index (χ0n) is 11.7. The van der Waals surface area contributed by atoms with Gasteiger partial charge in [-0.1, -0.05) is 32.4 Å². The zero-order chi connectivity index (χ0) is 13.9. The van der Waals surface area contributed by atoms with E-state index in [0.29, 0.717) is 11.6 Å². The molecular weight excluding hydrogens is 252 g/mol. The molecular formula is C12H23ClN4O. The third-order valence-electron chi connectivity index (χ3n) is 2.91. The predicted octanol–water partition coefficient (Wildman–Crippen LogP) is 2.03. The second-order valence-electron chi connectivity index (χ2n) is 5.39. The molecule has 6 heteroatoms. The van der Waals surface area contributed by atoms with Crippen LogP contribution < -0.4 is 11.3 Å². The molecule has 0 radical (unpaired) electrons. The number of rotatable bonds is 5. The molecule has 5 nitrogen and oxygen atoms in total. The summed E-state index contributed by atoms with van der Waals surface area (Å²) in [6.07, 6.45) is 1.52. The quantitative estimate of drug-likeness (QED) is 0.637. The van der Waals surface area contributed by atoms with Crippen molar-refractivity contribution in [3.8, 4) is 0 Å². The van der Waals surface area contributed by atoms with Crippen LogP contribution in [0.3, 0.4) is 0 Å². The monoisotopic (exact) mass is 274 g/mol. The standard InChI is InChI=1S/C12H23ClN4O/c1-6-18-11(12(2,3)4)9(16-14)10-8(13)7-15-17(10)5/h7,9,11,16H,6,14H2,1-5H3.